The standard InChI is InChI=1S/C25H24N2O3S/c1-30-20-13-11-19(12-14-20)26-23(28)17-31-25-22-10-6-5-9-21(22)24(29)27(25)16-15-18-7-3-2-4-8-18/h2-14,25H,15-17H2,1H3,(H,26,28)/t25-/m0/s1. The summed E-state index contributed by atoms with van der Waals surface area (Å²) in [5.74, 6) is 0.914. The Morgan fingerprint density at radius 2 is 1.71 bits per heavy atom. The van der Waals surface area contributed by atoms with Crippen LogP contribution < -0.4 is 10.1 Å². The number of rotatable bonds is 8. The Morgan fingerprint density at radius 1 is 1.00 bits per heavy atom. The second-order valence-corrected chi connectivity index (χ2v) is 8.33. The lowest BCUT2D eigenvalue weighted by molar-refractivity contribution is -0.113. The molecule has 0 saturated carbocycles. The van der Waals surface area contributed by atoms with Gasteiger partial charge in [0.15, 0.2) is 0 Å². The van der Waals surface area contributed by atoms with Crippen LogP contribution in [-0.4, -0.2) is 36.1 Å². The van der Waals surface area contributed by atoms with Gasteiger partial charge in [-0.3, -0.25) is 9.59 Å². The lowest BCUT2D eigenvalue weighted by Gasteiger charge is -2.25. The maximum absolute atomic E-state index is 13.0. The van der Waals surface area contributed by atoms with Gasteiger partial charge in [-0.2, -0.15) is 0 Å². The van der Waals surface area contributed by atoms with Crippen LogP contribution in [0.1, 0.15) is 26.9 Å². The van der Waals surface area contributed by atoms with Crippen LogP contribution in [0.25, 0.3) is 0 Å². The molecule has 0 aromatic heterocycles. The summed E-state index contributed by atoms with van der Waals surface area (Å²) in [5.41, 5.74) is 3.61. The summed E-state index contributed by atoms with van der Waals surface area (Å²) in [6, 6.07) is 25.0. The molecular formula is C25H24N2O3S. The van der Waals surface area contributed by atoms with Gasteiger partial charge in [-0.15, -0.1) is 11.8 Å². The topological polar surface area (TPSA) is 58.6 Å². The number of anilines is 1. The van der Waals surface area contributed by atoms with E-state index in [0.29, 0.717) is 6.54 Å². The van der Waals surface area contributed by atoms with Gasteiger partial charge in [0.2, 0.25) is 5.91 Å². The van der Waals surface area contributed by atoms with Crippen LogP contribution in [0.15, 0.2) is 78.9 Å². The Labute approximate surface area is 186 Å². The molecule has 0 saturated heterocycles. The summed E-state index contributed by atoms with van der Waals surface area (Å²) in [4.78, 5) is 27.4. The van der Waals surface area contributed by atoms with Crippen molar-refractivity contribution in [2.75, 3.05) is 24.7 Å². The van der Waals surface area contributed by atoms with E-state index in [-0.39, 0.29) is 22.9 Å². The Balaban J connectivity index is 1.43. The van der Waals surface area contributed by atoms with Crippen molar-refractivity contribution >= 4 is 29.3 Å². The van der Waals surface area contributed by atoms with Gasteiger partial charge in [0.25, 0.3) is 5.91 Å². The van der Waals surface area contributed by atoms with Crippen LogP contribution in [0.5, 0.6) is 5.75 Å². The molecule has 0 fully saturated rings. The number of carbonyl (C=O) groups excluding carboxylic acids is 2. The van der Waals surface area contributed by atoms with Gasteiger partial charge >= 0.3 is 0 Å². The smallest absolute Gasteiger partial charge is 0.255 e. The van der Waals surface area contributed by atoms with Crippen molar-refractivity contribution < 1.29 is 14.3 Å². The van der Waals surface area contributed by atoms with Crippen molar-refractivity contribution in [3.05, 3.63) is 95.6 Å². The highest BCUT2D eigenvalue weighted by molar-refractivity contribution is 8.00. The number of amides is 2. The maximum atomic E-state index is 13.0. The normalized spacial score (nSPS) is 14.9. The predicted molar refractivity (Wildman–Crippen MR) is 124 cm³/mol. The average molecular weight is 433 g/mol. The van der Waals surface area contributed by atoms with Crippen LogP contribution in [0.2, 0.25) is 0 Å². The fraction of sp³-hybridized carbons (Fsp3) is 0.200. The molecule has 0 aliphatic carbocycles. The third-order valence-corrected chi connectivity index (χ3v) is 6.48. The second kappa shape index (κ2) is 9.71. The van der Waals surface area contributed by atoms with E-state index in [2.05, 4.69) is 17.4 Å². The summed E-state index contributed by atoms with van der Waals surface area (Å²) in [6.45, 7) is 0.606. The van der Waals surface area contributed by atoms with E-state index >= 15 is 0 Å². The number of methoxy groups -OCH3 is 1. The first-order valence-electron chi connectivity index (χ1n) is 10.1. The zero-order valence-electron chi connectivity index (χ0n) is 17.3. The zero-order valence-corrected chi connectivity index (χ0v) is 18.1. The van der Waals surface area contributed by atoms with E-state index in [4.69, 9.17) is 4.74 Å². The molecule has 1 N–H and O–H groups in total. The number of benzene rings is 3. The van der Waals surface area contributed by atoms with Crippen LogP contribution >= 0.6 is 11.8 Å². The lowest BCUT2D eigenvalue weighted by Crippen LogP contribution is -2.29. The molecule has 1 atom stereocenters. The summed E-state index contributed by atoms with van der Waals surface area (Å²) in [6.07, 6.45) is 0.773. The van der Waals surface area contributed by atoms with Gasteiger partial charge in [0, 0.05) is 17.8 Å². The maximum Gasteiger partial charge on any atom is 0.255 e. The third-order valence-electron chi connectivity index (χ3n) is 5.23. The SMILES string of the molecule is COc1ccc(NC(=O)CS[C@H]2c3ccccc3C(=O)N2CCc2ccccc2)cc1. The Bertz CT molecular complexity index is 1050. The number of hydrogen-bond donors (Lipinski definition) is 1. The molecule has 1 aliphatic heterocycles. The van der Waals surface area contributed by atoms with E-state index in [1.807, 2.05) is 59.5 Å². The first-order valence-corrected chi connectivity index (χ1v) is 11.2. The fourth-order valence-electron chi connectivity index (χ4n) is 3.66. The second-order valence-electron chi connectivity index (χ2n) is 7.26. The predicted octanol–water partition coefficient (Wildman–Crippen LogP) is 4.76. The monoisotopic (exact) mass is 432 g/mol. The number of thioether (sulfide) groups is 1. The molecular weight excluding hydrogens is 408 g/mol. The van der Waals surface area contributed by atoms with Gasteiger partial charge in [0.05, 0.1) is 12.9 Å². The number of nitrogens with zero attached hydrogens (tertiary/aromatic N) is 1. The van der Waals surface area contributed by atoms with E-state index < -0.39 is 0 Å². The minimum absolute atomic E-state index is 0.0274. The highest BCUT2D eigenvalue weighted by atomic mass is 32.2. The van der Waals surface area contributed by atoms with Gasteiger partial charge in [-0.1, -0.05) is 48.5 Å². The molecule has 3 aromatic carbocycles. The molecule has 1 aliphatic rings. The van der Waals surface area contributed by atoms with E-state index in [1.54, 1.807) is 19.2 Å². The third kappa shape index (κ3) is 4.91. The Kier molecular flexibility index (Phi) is 6.57. The average Bonchev–Trinajstić information content (AvgIpc) is 3.08. The quantitative estimate of drug-likeness (QED) is 0.557. The first-order chi connectivity index (χ1) is 15.2. The Hall–Kier alpha value is -3.25. The van der Waals surface area contributed by atoms with Crippen molar-refractivity contribution in [2.24, 2.45) is 0 Å². The van der Waals surface area contributed by atoms with Crippen LogP contribution in [0, 0.1) is 0 Å². The minimum Gasteiger partial charge on any atom is -0.497 e. The molecule has 0 radical (unpaired) electrons. The molecule has 0 unspecified atom stereocenters. The van der Waals surface area contributed by atoms with E-state index in [1.165, 1.54) is 17.3 Å². The van der Waals surface area contributed by atoms with Gasteiger partial charge in [0.1, 0.15) is 11.1 Å². The van der Waals surface area contributed by atoms with Crippen molar-refractivity contribution in [3.8, 4) is 5.75 Å². The van der Waals surface area contributed by atoms with Gasteiger partial charge in [-0.25, -0.2) is 0 Å². The molecule has 158 valence electrons. The summed E-state index contributed by atoms with van der Waals surface area (Å²) >= 11 is 1.48. The summed E-state index contributed by atoms with van der Waals surface area (Å²) in [7, 11) is 1.61. The highest BCUT2D eigenvalue weighted by Crippen LogP contribution is 2.41. The molecule has 5 nitrogen and oxygen atoms in total. The summed E-state index contributed by atoms with van der Waals surface area (Å²) < 4.78 is 5.14. The van der Waals surface area contributed by atoms with Crippen molar-refractivity contribution in [3.63, 3.8) is 0 Å². The molecule has 2 amide bonds. The number of ether oxygens (including phenoxy) is 1. The molecule has 0 bridgehead atoms. The first kappa shape index (κ1) is 21.0. The molecule has 1 heterocycles. The summed E-state index contributed by atoms with van der Waals surface area (Å²) in [5, 5.41) is 2.73. The number of nitrogens with one attached hydrogen (secondary N) is 1. The fourth-order valence-corrected chi connectivity index (χ4v) is 4.80. The largest absolute Gasteiger partial charge is 0.497 e. The molecule has 6 heteroatoms. The molecule has 4 rings (SSSR count). The van der Waals surface area contributed by atoms with Crippen molar-refractivity contribution in [2.45, 2.75) is 11.8 Å². The van der Waals surface area contributed by atoms with Gasteiger partial charge < -0.3 is 15.0 Å². The molecule has 0 spiro atoms. The van der Waals surface area contributed by atoms with Crippen molar-refractivity contribution in [1.82, 2.24) is 4.90 Å². The number of carbonyl (C=O) groups is 2. The van der Waals surface area contributed by atoms with Gasteiger partial charge in [-0.05, 0) is 47.9 Å². The highest BCUT2D eigenvalue weighted by Gasteiger charge is 2.36. The number of hydrogen-bond acceptors (Lipinski definition) is 4. The Morgan fingerprint density at radius 3 is 2.45 bits per heavy atom. The van der Waals surface area contributed by atoms with E-state index in [0.717, 1.165) is 29.0 Å². The van der Waals surface area contributed by atoms with Crippen LogP contribution in [0.4, 0.5) is 5.69 Å². The van der Waals surface area contributed by atoms with Crippen LogP contribution in [0.3, 0.4) is 0 Å². The lowest BCUT2D eigenvalue weighted by atomic mass is 10.1. The van der Waals surface area contributed by atoms with Crippen molar-refractivity contribution in [1.29, 1.82) is 0 Å². The molecule has 31 heavy (non-hydrogen) atoms. The van der Waals surface area contributed by atoms with Crippen LogP contribution in [-0.2, 0) is 11.2 Å². The minimum atomic E-state index is -0.172. The van der Waals surface area contributed by atoms with E-state index in [9.17, 15) is 9.59 Å². The zero-order chi connectivity index (χ0) is 21.6. The molecule has 3 aromatic rings. The number of fused-ring (bicyclic) bond motifs is 1.